The second-order valence-corrected chi connectivity index (χ2v) is 8.37. The Labute approximate surface area is 152 Å². The molecule has 0 amide bonds. The Hall–Kier alpha value is -0.460. The van der Waals surface area contributed by atoms with E-state index >= 15 is 0 Å². The quantitative estimate of drug-likeness (QED) is 0.655. The third-order valence-corrected chi connectivity index (χ3v) is 6.38. The molecule has 1 saturated carbocycles. The summed E-state index contributed by atoms with van der Waals surface area (Å²) in [5, 5.41) is 0. The van der Waals surface area contributed by atoms with Crippen LogP contribution in [0.3, 0.4) is 0 Å². The predicted octanol–water partition coefficient (Wildman–Crippen LogP) is 3.54. The summed E-state index contributed by atoms with van der Waals surface area (Å²) < 4.78 is 23.9. The van der Waals surface area contributed by atoms with E-state index in [1.165, 1.54) is 19.3 Å². The Morgan fingerprint density at radius 2 is 1.88 bits per heavy atom. The molecule has 0 aromatic carbocycles. The minimum atomic E-state index is -0.359. The molecule has 3 aliphatic rings. The molecule has 0 radical (unpaired) electrons. The Balaban J connectivity index is 1.52. The monoisotopic (exact) mass is 353 g/mol. The van der Waals surface area contributed by atoms with Crippen LogP contribution in [0.25, 0.3) is 0 Å². The first kappa shape index (κ1) is 19.3. The van der Waals surface area contributed by atoms with Crippen molar-refractivity contribution in [3.63, 3.8) is 0 Å². The Kier molecular flexibility index (Phi) is 6.22. The van der Waals surface area contributed by atoms with Crippen LogP contribution in [0.15, 0.2) is 12.7 Å². The molecule has 0 aromatic heterocycles. The molecular weight excluding hydrogens is 318 g/mol. The van der Waals surface area contributed by atoms with E-state index in [2.05, 4.69) is 32.3 Å². The van der Waals surface area contributed by atoms with Gasteiger partial charge in [-0.15, -0.1) is 6.58 Å². The van der Waals surface area contributed by atoms with Gasteiger partial charge in [-0.1, -0.05) is 33.3 Å². The van der Waals surface area contributed by atoms with Gasteiger partial charge in [-0.2, -0.15) is 0 Å². The fraction of sp³-hybridized carbons (Fsp3) is 0.900. The molecule has 3 rings (SSSR count). The highest BCUT2D eigenvalue weighted by Crippen LogP contribution is 2.47. The lowest BCUT2D eigenvalue weighted by Crippen LogP contribution is -2.43. The molecule has 1 unspecified atom stereocenters. The van der Waals surface area contributed by atoms with E-state index in [-0.39, 0.29) is 18.3 Å². The van der Waals surface area contributed by atoms with Gasteiger partial charge in [0.2, 0.25) is 6.41 Å². The van der Waals surface area contributed by atoms with Crippen molar-refractivity contribution in [2.75, 3.05) is 32.9 Å². The molecule has 25 heavy (non-hydrogen) atoms. The van der Waals surface area contributed by atoms with Crippen LogP contribution in [0.5, 0.6) is 0 Å². The van der Waals surface area contributed by atoms with Crippen LogP contribution < -0.4 is 0 Å². The Bertz CT molecular complexity index is 439. The SMILES string of the molecule is C=CCN(CC1COC2(CCC(C(C)(C)CC)CC2)O1)C1OCCO1. The van der Waals surface area contributed by atoms with Crippen molar-refractivity contribution in [1.29, 1.82) is 0 Å². The minimum Gasteiger partial charge on any atom is -0.347 e. The van der Waals surface area contributed by atoms with Crippen molar-refractivity contribution in [1.82, 2.24) is 4.90 Å². The van der Waals surface area contributed by atoms with E-state index in [0.717, 1.165) is 31.8 Å². The molecule has 2 heterocycles. The van der Waals surface area contributed by atoms with Crippen molar-refractivity contribution in [3.8, 4) is 0 Å². The molecule has 1 aliphatic carbocycles. The zero-order valence-corrected chi connectivity index (χ0v) is 16.2. The van der Waals surface area contributed by atoms with Crippen LogP contribution in [-0.4, -0.2) is 56.1 Å². The summed E-state index contributed by atoms with van der Waals surface area (Å²) in [6.07, 6.45) is 7.31. The average Bonchev–Trinajstić information content (AvgIpc) is 3.26. The fourth-order valence-electron chi connectivity index (χ4n) is 4.33. The zero-order valence-electron chi connectivity index (χ0n) is 16.2. The van der Waals surface area contributed by atoms with Gasteiger partial charge in [-0.3, -0.25) is 0 Å². The van der Waals surface area contributed by atoms with Gasteiger partial charge in [0, 0.05) is 25.9 Å². The van der Waals surface area contributed by atoms with Crippen molar-refractivity contribution in [3.05, 3.63) is 12.7 Å². The molecular formula is C20H35NO4. The molecule has 2 aliphatic heterocycles. The molecule has 0 aromatic rings. The van der Waals surface area contributed by atoms with E-state index < -0.39 is 0 Å². The summed E-state index contributed by atoms with van der Waals surface area (Å²) in [7, 11) is 0. The second kappa shape index (κ2) is 8.05. The van der Waals surface area contributed by atoms with Crippen molar-refractivity contribution >= 4 is 0 Å². The van der Waals surface area contributed by atoms with E-state index in [9.17, 15) is 0 Å². The number of ether oxygens (including phenoxy) is 4. The maximum Gasteiger partial charge on any atom is 0.219 e. The first-order valence-corrected chi connectivity index (χ1v) is 9.88. The zero-order chi connectivity index (χ0) is 17.9. The molecule has 0 bridgehead atoms. The molecule has 1 atom stereocenters. The maximum absolute atomic E-state index is 6.41. The summed E-state index contributed by atoms with van der Waals surface area (Å²) in [5.41, 5.74) is 0.414. The van der Waals surface area contributed by atoms with Crippen LogP contribution >= 0.6 is 0 Å². The normalized spacial score (nSPS) is 34.2. The molecule has 144 valence electrons. The molecule has 2 saturated heterocycles. The second-order valence-electron chi connectivity index (χ2n) is 8.37. The molecule has 0 N–H and O–H groups in total. The third-order valence-electron chi connectivity index (χ3n) is 6.38. The van der Waals surface area contributed by atoms with Crippen LogP contribution in [0.1, 0.15) is 52.9 Å². The van der Waals surface area contributed by atoms with Crippen LogP contribution in [0.4, 0.5) is 0 Å². The topological polar surface area (TPSA) is 40.2 Å². The predicted molar refractivity (Wildman–Crippen MR) is 97.0 cm³/mol. The van der Waals surface area contributed by atoms with E-state index in [1.807, 2.05) is 6.08 Å². The van der Waals surface area contributed by atoms with Gasteiger partial charge >= 0.3 is 0 Å². The van der Waals surface area contributed by atoms with E-state index in [0.29, 0.717) is 25.2 Å². The van der Waals surface area contributed by atoms with Crippen LogP contribution in [-0.2, 0) is 18.9 Å². The van der Waals surface area contributed by atoms with Gasteiger partial charge in [0.1, 0.15) is 0 Å². The summed E-state index contributed by atoms with van der Waals surface area (Å²) >= 11 is 0. The molecule has 5 nitrogen and oxygen atoms in total. The number of hydrogen-bond acceptors (Lipinski definition) is 5. The van der Waals surface area contributed by atoms with Crippen molar-refractivity contribution < 1.29 is 18.9 Å². The minimum absolute atomic E-state index is 0.0727. The van der Waals surface area contributed by atoms with Crippen LogP contribution in [0, 0.1) is 11.3 Å². The lowest BCUT2D eigenvalue weighted by molar-refractivity contribution is -0.205. The number of rotatable bonds is 7. The van der Waals surface area contributed by atoms with Crippen molar-refractivity contribution in [2.45, 2.75) is 71.2 Å². The van der Waals surface area contributed by atoms with Gasteiger partial charge in [-0.05, 0) is 24.2 Å². The van der Waals surface area contributed by atoms with Gasteiger partial charge in [0.25, 0.3) is 0 Å². The highest BCUT2D eigenvalue weighted by Gasteiger charge is 2.46. The van der Waals surface area contributed by atoms with Gasteiger partial charge < -0.3 is 18.9 Å². The average molecular weight is 354 g/mol. The van der Waals surface area contributed by atoms with Gasteiger partial charge in [-0.25, -0.2) is 4.90 Å². The lowest BCUT2D eigenvalue weighted by Gasteiger charge is -2.42. The highest BCUT2D eigenvalue weighted by molar-refractivity contribution is 4.90. The number of hydrogen-bond donors (Lipinski definition) is 0. The summed E-state index contributed by atoms with van der Waals surface area (Å²) in [6.45, 7) is 14.4. The molecule has 3 fully saturated rings. The van der Waals surface area contributed by atoms with Crippen molar-refractivity contribution in [2.24, 2.45) is 11.3 Å². The smallest absolute Gasteiger partial charge is 0.219 e. The van der Waals surface area contributed by atoms with Crippen LogP contribution in [0.2, 0.25) is 0 Å². The van der Waals surface area contributed by atoms with Gasteiger partial charge in [0.15, 0.2) is 5.79 Å². The first-order valence-electron chi connectivity index (χ1n) is 9.88. The summed E-state index contributed by atoms with van der Waals surface area (Å²) in [5.74, 6) is 0.411. The van der Waals surface area contributed by atoms with E-state index in [1.54, 1.807) is 0 Å². The molecule has 1 spiro atoms. The summed E-state index contributed by atoms with van der Waals surface area (Å²) in [6, 6.07) is 0. The molecule has 5 heteroatoms. The number of nitrogens with zero attached hydrogens (tertiary/aromatic N) is 1. The highest BCUT2D eigenvalue weighted by atomic mass is 16.8. The van der Waals surface area contributed by atoms with E-state index in [4.69, 9.17) is 18.9 Å². The standard InChI is InChI=1S/C20H35NO4/c1-5-11-21(18-22-12-13-23-18)14-17-15-24-20(25-17)9-7-16(8-10-20)19(3,4)6-2/h5,16-18H,1,6-15H2,2-4H3. The lowest BCUT2D eigenvalue weighted by atomic mass is 9.68. The largest absolute Gasteiger partial charge is 0.347 e. The Morgan fingerprint density at radius 1 is 1.20 bits per heavy atom. The maximum atomic E-state index is 6.41. The summed E-state index contributed by atoms with van der Waals surface area (Å²) in [4.78, 5) is 2.14. The fourth-order valence-corrected chi connectivity index (χ4v) is 4.33. The third kappa shape index (κ3) is 4.45. The first-order chi connectivity index (χ1) is 12.0. The van der Waals surface area contributed by atoms with Gasteiger partial charge in [0.05, 0.1) is 25.9 Å². The Morgan fingerprint density at radius 3 is 2.48 bits per heavy atom.